The van der Waals surface area contributed by atoms with Crippen molar-refractivity contribution in [3.8, 4) is 5.75 Å². The number of ether oxygens (including phenoxy) is 1. The van der Waals surface area contributed by atoms with Crippen molar-refractivity contribution in [2.24, 2.45) is 0 Å². The van der Waals surface area contributed by atoms with Gasteiger partial charge in [0.15, 0.2) is 0 Å². The van der Waals surface area contributed by atoms with Crippen LogP contribution in [0, 0.1) is 0 Å². The number of rotatable bonds is 8. The molecule has 0 fully saturated rings. The van der Waals surface area contributed by atoms with Gasteiger partial charge in [0.1, 0.15) is 12.4 Å². The van der Waals surface area contributed by atoms with Crippen LogP contribution in [0.4, 0.5) is 0 Å². The topological polar surface area (TPSA) is 66.8 Å². The van der Waals surface area contributed by atoms with Gasteiger partial charge in [-0.3, -0.25) is 9.59 Å². The predicted molar refractivity (Wildman–Crippen MR) is 80.6 cm³/mol. The second kappa shape index (κ2) is 8.09. The summed E-state index contributed by atoms with van der Waals surface area (Å²) in [6.07, 6.45) is 1.57. The normalized spacial score (nSPS) is 11.5. The molecule has 0 aliphatic carbocycles. The third kappa shape index (κ3) is 4.95. The molecule has 0 saturated carbocycles. The fraction of sp³-hybridized carbons (Fsp3) is 0.375. The molecule has 0 heterocycles. The van der Waals surface area contributed by atoms with Gasteiger partial charge in [-0.15, -0.1) is 0 Å². The average Bonchev–Trinajstić information content (AvgIpc) is 2.45. The van der Waals surface area contributed by atoms with Crippen LogP contribution in [0.1, 0.15) is 30.6 Å². The number of carbonyl (C=O) groups excluding carboxylic acids is 1. The molecular formula is C16H21NO4. The van der Waals surface area contributed by atoms with E-state index in [9.17, 15) is 9.59 Å². The van der Waals surface area contributed by atoms with Gasteiger partial charge in [0, 0.05) is 18.2 Å². The number of aliphatic carboxylic acids is 1. The summed E-state index contributed by atoms with van der Waals surface area (Å²) >= 11 is 0. The summed E-state index contributed by atoms with van der Waals surface area (Å²) in [7, 11) is 0. The summed E-state index contributed by atoms with van der Waals surface area (Å²) < 4.78 is 5.36. The molecule has 0 aliphatic heterocycles. The van der Waals surface area contributed by atoms with E-state index in [1.54, 1.807) is 42.2 Å². The molecule has 1 rings (SSSR count). The maximum atomic E-state index is 12.4. The Morgan fingerprint density at radius 2 is 2.00 bits per heavy atom. The largest absolute Gasteiger partial charge is 0.490 e. The minimum Gasteiger partial charge on any atom is -0.490 e. The van der Waals surface area contributed by atoms with Crippen LogP contribution in [0.2, 0.25) is 0 Å². The quantitative estimate of drug-likeness (QED) is 0.748. The van der Waals surface area contributed by atoms with Gasteiger partial charge in [0.25, 0.3) is 5.91 Å². The lowest BCUT2D eigenvalue weighted by atomic mass is 10.1. The zero-order valence-electron chi connectivity index (χ0n) is 12.4. The molecule has 1 aromatic carbocycles. The van der Waals surface area contributed by atoms with Crippen molar-refractivity contribution < 1.29 is 19.4 Å². The minimum absolute atomic E-state index is 0.0693. The highest BCUT2D eigenvalue weighted by molar-refractivity contribution is 5.94. The number of carbonyl (C=O) groups is 2. The molecule has 0 aliphatic rings. The first kappa shape index (κ1) is 16.8. The van der Waals surface area contributed by atoms with Gasteiger partial charge < -0.3 is 14.7 Å². The highest BCUT2D eigenvalue weighted by Crippen LogP contribution is 2.16. The number of nitrogens with zero attached hydrogens (tertiary/aromatic N) is 1. The highest BCUT2D eigenvalue weighted by Gasteiger charge is 2.21. The number of hydrogen-bond acceptors (Lipinski definition) is 3. The first-order chi connectivity index (χ1) is 9.99. The lowest BCUT2D eigenvalue weighted by Gasteiger charge is -2.27. The highest BCUT2D eigenvalue weighted by atomic mass is 16.5. The van der Waals surface area contributed by atoms with Crippen LogP contribution in [0.25, 0.3) is 0 Å². The molecule has 21 heavy (non-hydrogen) atoms. The first-order valence-corrected chi connectivity index (χ1v) is 6.86. The molecule has 1 aromatic rings. The van der Waals surface area contributed by atoms with Crippen molar-refractivity contribution in [3.63, 3.8) is 0 Å². The standard InChI is InChI=1S/C16H21NO4/c1-4-10-21-14-8-6-13(7-9-14)16(20)17(5-2)12(3)11-15(18)19/h4,6-9,12H,1,5,10-11H2,2-3H3,(H,18,19). The van der Waals surface area contributed by atoms with Crippen LogP contribution in [-0.4, -0.2) is 41.1 Å². The number of carboxylic acids is 1. The first-order valence-electron chi connectivity index (χ1n) is 6.86. The summed E-state index contributed by atoms with van der Waals surface area (Å²) in [5, 5.41) is 8.84. The van der Waals surface area contributed by atoms with E-state index in [1.807, 2.05) is 6.92 Å². The number of amides is 1. The third-order valence-corrected chi connectivity index (χ3v) is 3.07. The van der Waals surface area contributed by atoms with Gasteiger partial charge in [-0.25, -0.2) is 0 Å². The van der Waals surface area contributed by atoms with Gasteiger partial charge >= 0.3 is 5.97 Å². The van der Waals surface area contributed by atoms with E-state index in [1.165, 1.54) is 0 Å². The molecule has 0 spiro atoms. The van der Waals surface area contributed by atoms with E-state index >= 15 is 0 Å². The zero-order chi connectivity index (χ0) is 15.8. The van der Waals surface area contributed by atoms with Crippen molar-refractivity contribution in [1.29, 1.82) is 0 Å². The van der Waals surface area contributed by atoms with Crippen LogP contribution in [0.5, 0.6) is 5.75 Å². The molecule has 0 radical (unpaired) electrons. The van der Waals surface area contributed by atoms with Crippen molar-refractivity contribution >= 4 is 11.9 Å². The van der Waals surface area contributed by atoms with E-state index < -0.39 is 5.97 Å². The fourth-order valence-corrected chi connectivity index (χ4v) is 2.03. The third-order valence-electron chi connectivity index (χ3n) is 3.07. The molecule has 0 saturated heterocycles. The lowest BCUT2D eigenvalue weighted by Crippen LogP contribution is -2.39. The van der Waals surface area contributed by atoms with Crippen LogP contribution in [0.15, 0.2) is 36.9 Å². The van der Waals surface area contributed by atoms with E-state index in [4.69, 9.17) is 9.84 Å². The fourth-order valence-electron chi connectivity index (χ4n) is 2.03. The smallest absolute Gasteiger partial charge is 0.305 e. The van der Waals surface area contributed by atoms with Gasteiger partial charge in [-0.05, 0) is 38.1 Å². The molecule has 114 valence electrons. The van der Waals surface area contributed by atoms with Crippen molar-refractivity contribution in [2.75, 3.05) is 13.2 Å². The zero-order valence-corrected chi connectivity index (χ0v) is 12.4. The summed E-state index contributed by atoms with van der Waals surface area (Å²) in [5.74, 6) is -0.434. The molecule has 5 nitrogen and oxygen atoms in total. The number of hydrogen-bond donors (Lipinski definition) is 1. The Hall–Kier alpha value is -2.30. The van der Waals surface area contributed by atoms with Crippen LogP contribution in [-0.2, 0) is 4.79 Å². The monoisotopic (exact) mass is 291 g/mol. The predicted octanol–water partition coefficient (Wildman–Crippen LogP) is 2.58. The van der Waals surface area contributed by atoms with E-state index in [0.717, 1.165) is 0 Å². The number of benzene rings is 1. The summed E-state index contributed by atoms with van der Waals surface area (Å²) in [6, 6.07) is 6.43. The minimum atomic E-state index is -0.915. The van der Waals surface area contributed by atoms with E-state index in [2.05, 4.69) is 6.58 Å². The Bertz CT molecular complexity index is 496. The Kier molecular flexibility index (Phi) is 6.46. The molecule has 1 atom stereocenters. The van der Waals surface area contributed by atoms with Crippen molar-refractivity contribution in [2.45, 2.75) is 26.3 Å². The second-order valence-corrected chi connectivity index (χ2v) is 4.66. The Morgan fingerprint density at radius 1 is 1.38 bits per heavy atom. The summed E-state index contributed by atoms with van der Waals surface area (Å²) in [5.41, 5.74) is 0.514. The maximum absolute atomic E-state index is 12.4. The van der Waals surface area contributed by atoms with Crippen molar-refractivity contribution in [1.82, 2.24) is 4.90 Å². The van der Waals surface area contributed by atoms with Gasteiger partial charge in [0.2, 0.25) is 0 Å². The van der Waals surface area contributed by atoms with Crippen LogP contribution >= 0.6 is 0 Å². The Labute approximate surface area is 124 Å². The number of carboxylic acid groups (broad SMARTS) is 1. The second-order valence-electron chi connectivity index (χ2n) is 4.66. The van der Waals surface area contributed by atoms with Crippen LogP contribution < -0.4 is 4.74 Å². The average molecular weight is 291 g/mol. The van der Waals surface area contributed by atoms with Crippen LogP contribution in [0.3, 0.4) is 0 Å². The molecule has 0 bridgehead atoms. The maximum Gasteiger partial charge on any atom is 0.305 e. The SMILES string of the molecule is C=CCOc1ccc(C(=O)N(CC)C(C)CC(=O)O)cc1. The summed E-state index contributed by atoms with van der Waals surface area (Å²) in [6.45, 7) is 8.00. The molecule has 1 unspecified atom stereocenters. The van der Waals surface area contributed by atoms with E-state index in [-0.39, 0.29) is 18.4 Å². The van der Waals surface area contributed by atoms with Gasteiger partial charge in [-0.1, -0.05) is 12.7 Å². The van der Waals surface area contributed by atoms with Gasteiger partial charge in [-0.2, -0.15) is 0 Å². The molecule has 1 N–H and O–H groups in total. The summed E-state index contributed by atoms with van der Waals surface area (Å²) in [4.78, 5) is 24.7. The Morgan fingerprint density at radius 3 is 2.48 bits per heavy atom. The van der Waals surface area contributed by atoms with Crippen molar-refractivity contribution in [3.05, 3.63) is 42.5 Å². The molecule has 1 amide bonds. The Balaban J connectivity index is 2.79. The van der Waals surface area contributed by atoms with Gasteiger partial charge in [0.05, 0.1) is 6.42 Å². The molecule has 5 heteroatoms. The van der Waals surface area contributed by atoms with E-state index in [0.29, 0.717) is 24.5 Å². The lowest BCUT2D eigenvalue weighted by molar-refractivity contribution is -0.138. The molecular weight excluding hydrogens is 270 g/mol. The molecule has 0 aromatic heterocycles.